The van der Waals surface area contributed by atoms with Crippen LogP contribution < -0.4 is 0 Å². The number of esters is 2. The highest BCUT2D eigenvalue weighted by molar-refractivity contribution is 7.08. The highest BCUT2D eigenvalue weighted by Crippen LogP contribution is 2.17. The maximum atomic E-state index is 11.4. The van der Waals surface area contributed by atoms with E-state index in [0.717, 1.165) is 0 Å². The summed E-state index contributed by atoms with van der Waals surface area (Å²) in [5.41, 5.74) is 0.556. The summed E-state index contributed by atoms with van der Waals surface area (Å²) in [4.78, 5) is 22.8. The minimum Gasteiger partial charge on any atom is -0.462 e. The van der Waals surface area contributed by atoms with E-state index in [1.54, 1.807) is 24.6 Å². The molecule has 1 aromatic rings. The van der Waals surface area contributed by atoms with Gasteiger partial charge in [0.15, 0.2) is 0 Å². The molecular formula is C10H12O4S. The lowest BCUT2D eigenvalue weighted by atomic mass is 10.2. The van der Waals surface area contributed by atoms with Gasteiger partial charge in [0.1, 0.15) is 0 Å². The molecule has 0 aliphatic rings. The third-order valence-corrected chi connectivity index (χ3v) is 2.40. The predicted octanol–water partition coefficient (Wildman–Crippen LogP) is 2.10. The Morgan fingerprint density at radius 1 is 1.07 bits per heavy atom. The molecule has 15 heavy (non-hydrogen) atoms. The van der Waals surface area contributed by atoms with Gasteiger partial charge in [-0.15, -0.1) is 0 Å². The lowest BCUT2D eigenvalue weighted by Gasteiger charge is -2.03. The number of rotatable bonds is 4. The van der Waals surface area contributed by atoms with Crippen LogP contribution in [0.2, 0.25) is 0 Å². The van der Waals surface area contributed by atoms with E-state index in [2.05, 4.69) is 0 Å². The Hall–Kier alpha value is -1.36. The van der Waals surface area contributed by atoms with E-state index in [1.165, 1.54) is 11.3 Å². The van der Waals surface area contributed by atoms with E-state index in [9.17, 15) is 9.59 Å². The first-order chi connectivity index (χ1) is 7.20. The number of hydrogen-bond donors (Lipinski definition) is 0. The lowest BCUT2D eigenvalue weighted by Crippen LogP contribution is -2.11. The molecule has 0 spiro atoms. The molecule has 0 amide bonds. The number of hydrogen-bond acceptors (Lipinski definition) is 5. The van der Waals surface area contributed by atoms with E-state index in [4.69, 9.17) is 9.47 Å². The van der Waals surface area contributed by atoms with Crippen LogP contribution in [0.25, 0.3) is 0 Å². The zero-order valence-corrected chi connectivity index (χ0v) is 9.43. The molecule has 1 aromatic heterocycles. The van der Waals surface area contributed by atoms with Gasteiger partial charge in [0.25, 0.3) is 0 Å². The number of thiophene rings is 1. The molecule has 0 aliphatic carbocycles. The fraction of sp³-hybridized carbons (Fsp3) is 0.400. The van der Waals surface area contributed by atoms with Crippen LogP contribution in [0, 0.1) is 0 Å². The molecule has 1 heterocycles. The topological polar surface area (TPSA) is 52.6 Å². The van der Waals surface area contributed by atoms with E-state index in [-0.39, 0.29) is 24.3 Å². The van der Waals surface area contributed by atoms with Gasteiger partial charge >= 0.3 is 11.9 Å². The van der Waals surface area contributed by atoms with Gasteiger partial charge < -0.3 is 9.47 Å². The van der Waals surface area contributed by atoms with Crippen LogP contribution >= 0.6 is 11.3 Å². The second-order valence-corrected chi connectivity index (χ2v) is 3.38. The fourth-order valence-electron chi connectivity index (χ4n) is 1.03. The maximum absolute atomic E-state index is 11.4. The van der Waals surface area contributed by atoms with Crippen LogP contribution in [0.3, 0.4) is 0 Å². The van der Waals surface area contributed by atoms with Crippen LogP contribution in [0.15, 0.2) is 10.8 Å². The fourth-order valence-corrected chi connectivity index (χ4v) is 1.82. The zero-order chi connectivity index (χ0) is 11.3. The Balaban J connectivity index is 2.86. The van der Waals surface area contributed by atoms with Crippen molar-refractivity contribution in [1.82, 2.24) is 0 Å². The first-order valence-corrected chi connectivity index (χ1v) is 5.55. The summed E-state index contributed by atoms with van der Waals surface area (Å²) >= 11 is 1.27. The average molecular weight is 228 g/mol. The van der Waals surface area contributed by atoms with E-state index in [1.807, 2.05) is 0 Å². The van der Waals surface area contributed by atoms with Crippen LogP contribution in [-0.4, -0.2) is 25.2 Å². The standard InChI is InChI=1S/C10H12O4S/c1-3-13-9(11)7-5-15-6-8(7)10(12)14-4-2/h5-6H,3-4H2,1-2H3. The third kappa shape index (κ3) is 2.79. The maximum Gasteiger partial charge on any atom is 0.339 e. The summed E-state index contributed by atoms with van der Waals surface area (Å²) in [6, 6.07) is 0. The number of ether oxygens (including phenoxy) is 2. The highest BCUT2D eigenvalue weighted by atomic mass is 32.1. The third-order valence-electron chi connectivity index (χ3n) is 1.65. The normalized spacial score (nSPS) is 9.73. The monoisotopic (exact) mass is 228 g/mol. The summed E-state index contributed by atoms with van der Waals surface area (Å²) in [6.45, 7) is 4.01. The van der Waals surface area contributed by atoms with Gasteiger partial charge in [0.2, 0.25) is 0 Å². The largest absolute Gasteiger partial charge is 0.462 e. The summed E-state index contributed by atoms with van der Waals surface area (Å²) in [7, 11) is 0. The molecule has 0 saturated heterocycles. The van der Waals surface area contributed by atoms with Crippen molar-refractivity contribution in [3.05, 3.63) is 21.9 Å². The second kappa shape index (κ2) is 5.50. The molecule has 0 saturated carbocycles. The number of carbonyl (C=O) groups is 2. The van der Waals surface area contributed by atoms with Crippen molar-refractivity contribution in [2.75, 3.05) is 13.2 Å². The van der Waals surface area contributed by atoms with Crippen molar-refractivity contribution in [3.8, 4) is 0 Å². The van der Waals surface area contributed by atoms with Gasteiger partial charge in [-0.05, 0) is 13.8 Å². The van der Waals surface area contributed by atoms with Crippen LogP contribution in [-0.2, 0) is 9.47 Å². The smallest absolute Gasteiger partial charge is 0.339 e. The van der Waals surface area contributed by atoms with Gasteiger partial charge in [0.05, 0.1) is 24.3 Å². The van der Waals surface area contributed by atoms with Gasteiger partial charge in [-0.25, -0.2) is 9.59 Å². The molecule has 0 fully saturated rings. The lowest BCUT2D eigenvalue weighted by molar-refractivity contribution is 0.0480. The van der Waals surface area contributed by atoms with Gasteiger partial charge in [0, 0.05) is 10.8 Å². The summed E-state index contributed by atoms with van der Waals surface area (Å²) < 4.78 is 9.63. The van der Waals surface area contributed by atoms with Gasteiger partial charge in [-0.2, -0.15) is 11.3 Å². The molecule has 82 valence electrons. The Labute approximate surface area is 91.8 Å². The Bertz CT molecular complexity index is 324. The predicted molar refractivity (Wildman–Crippen MR) is 56.2 cm³/mol. The Morgan fingerprint density at radius 3 is 1.80 bits per heavy atom. The van der Waals surface area contributed by atoms with Crippen molar-refractivity contribution >= 4 is 23.3 Å². The van der Waals surface area contributed by atoms with Gasteiger partial charge in [-0.3, -0.25) is 0 Å². The molecular weight excluding hydrogens is 216 g/mol. The minimum absolute atomic E-state index is 0.278. The summed E-state index contributed by atoms with van der Waals surface area (Å²) in [5, 5.41) is 3.18. The van der Waals surface area contributed by atoms with Crippen LogP contribution in [0.1, 0.15) is 34.6 Å². The molecule has 0 unspecified atom stereocenters. The average Bonchev–Trinajstić information content (AvgIpc) is 2.66. The molecule has 0 N–H and O–H groups in total. The number of carbonyl (C=O) groups excluding carboxylic acids is 2. The first kappa shape index (κ1) is 11.7. The van der Waals surface area contributed by atoms with Crippen LogP contribution in [0.4, 0.5) is 0 Å². The molecule has 4 nitrogen and oxygen atoms in total. The summed E-state index contributed by atoms with van der Waals surface area (Å²) in [6.07, 6.45) is 0. The van der Waals surface area contributed by atoms with Crippen molar-refractivity contribution in [1.29, 1.82) is 0 Å². The van der Waals surface area contributed by atoms with Crippen molar-refractivity contribution < 1.29 is 19.1 Å². The Kier molecular flexibility index (Phi) is 4.30. The first-order valence-electron chi connectivity index (χ1n) is 4.61. The van der Waals surface area contributed by atoms with Crippen molar-refractivity contribution in [3.63, 3.8) is 0 Å². The SMILES string of the molecule is CCOC(=O)c1cscc1C(=O)OCC. The second-order valence-electron chi connectivity index (χ2n) is 2.64. The molecule has 0 aromatic carbocycles. The zero-order valence-electron chi connectivity index (χ0n) is 8.61. The van der Waals surface area contributed by atoms with Crippen LogP contribution in [0.5, 0.6) is 0 Å². The molecule has 0 atom stereocenters. The summed E-state index contributed by atoms with van der Waals surface area (Å²) in [5.74, 6) is -0.969. The molecule has 0 radical (unpaired) electrons. The van der Waals surface area contributed by atoms with Crippen molar-refractivity contribution in [2.24, 2.45) is 0 Å². The van der Waals surface area contributed by atoms with E-state index >= 15 is 0 Å². The van der Waals surface area contributed by atoms with Crippen molar-refractivity contribution in [2.45, 2.75) is 13.8 Å². The quantitative estimate of drug-likeness (QED) is 0.740. The molecule has 0 aliphatic heterocycles. The Morgan fingerprint density at radius 2 is 1.47 bits per heavy atom. The molecule has 5 heteroatoms. The molecule has 0 bridgehead atoms. The molecule has 1 rings (SSSR count). The minimum atomic E-state index is -0.484. The van der Waals surface area contributed by atoms with Gasteiger partial charge in [-0.1, -0.05) is 0 Å². The van der Waals surface area contributed by atoms with E-state index < -0.39 is 11.9 Å². The highest BCUT2D eigenvalue weighted by Gasteiger charge is 2.19. The van der Waals surface area contributed by atoms with E-state index in [0.29, 0.717) is 0 Å².